The molecule has 3 aliphatic rings. The molecule has 6 heteroatoms. The summed E-state index contributed by atoms with van der Waals surface area (Å²) in [6, 6.07) is 45.7. The molecule has 0 unspecified atom stereocenters. The number of pyridine rings is 1. The summed E-state index contributed by atoms with van der Waals surface area (Å²) in [5, 5.41) is 1.75. The van der Waals surface area contributed by atoms with E-state index in [-0.39, 0.29) is 93.8 Å². The molecule has 0 radical (unpaired) electrons. The Morgan fingerprint density at radius 3 is 1.89 bits per heavy atom. The third kappa shape index (κ3) is 9.96. The second kappa shape index (κ2) is 21.5. The summed E-state index contributed by atoms with van der Waals surface area (Å²) in [5.74, 6) is 0.950. The minimum atomic E-state index is -4.63. The van der Waals surface area contributed by atoms with E-state index in [1.54, 1.807) is 53.2 Å². The predicted molar refractivity (Wildman–Crippen MR) is 378 cm³/mol. The van der Waals surface area contributed by atoms with Crippen LogP contribution in [0.25, 0.3) is 106 Å². The average molecular weight is 1410 g/mol. The van der Waals surface area contributed by atoms with Gasteiger partial charge in [-0.3, -0.25) is 4.57 Å². The van der Waals surface area contributed by atoms with Crippen molar-refractivity contribution in [3.05, 3.63) is 233 Å². The van der Waals surface area contributed by atoms with Crippen molar-refractivity contribution in [2.24, 2.45) is 0 Å². The van der Waals surface area contributed by atoms with E-state index < -0.39 is 116 Å². The molecule has 0 atom stereocenters. The van der Waals surface area contributed by atoms with Gasteiger partial charge in [-0.25, -0.2) is 4.98 Å². The standard InChI is InChI=1S/C86H84N4O.Pt/c1-52-23-21-24-53(2)78(52)69-45-57(82(6,7)8)44-68-66-50-73-72(85(13,14)38-39-86(73,15)16)49-65(66)61-27-17-18-28-62(61)67-41-55(54-31-34-70-71(42-54)84(11,12)37-36-83(70,9)10)43-76-80(67)89(79(68)69)51-88(76)58-25-22-26-59(47-58)91-60-32-33-64-63-29-19-20-30-74(63)90(75(64)48-60)77-46-56(35-40-87-77)81(3,4)5;/h17-35,40-46,49-50H,36-39H2,1-16H3;/q-2;/i1D3,2D3,9D3,10D3,11D3,12D3,31D,34D,36D2,37D2,42D;. The van der Waals surface area contributed by atoms with Gasteiger partial charge in [-0.05, 0) is 213 Å². The third-order valence-corrected chi connectivity index (χ3v) is 19.0. The Morgan fingerprint density at radius 2 is 1.20 bits per heavy atom. The first kappa shape index (κ1) is 38.8. The number of hydrogen-bond donors (Lipinski definition) is 0. The van der Waals surface area contributed by atoms with Crippen molar-refractivity contribution in [1.82, 2.24) is 14.1 Å². The maximum atomic E-state index is 10.6. The maximum absolute atomic E-state index is 10.6. The van der Waals surface area contributed by atoms with Gasteiger partial charge < -0.3 is 13.9 Å². The Balaban J connectivity index is 0.0000113. The number of rotatable bonds is 6. The van der Waals surface area contributed by atoms with Crippen LogP contribution in [-0.2, 0) is 53.6 Å². The monoisotopic (exact) mass is 1410 g/mol. The molecule has 1 aliphatic heterocycles. The first-order valence-corrected chi connectivity index (χ1v) is 30.8. The van der Waals surface area contributed by atoms with Gasteiger partial charge >= 0.3 is 0 Å². The van der Waals surface area contributed by atoms with Crippen LogP contribution in [0.2, 0.25) is 0 Å². The smallest absolute Gasteiger partial charge is 0.268 e. The summed E-state index contributed by atoms with van der Waals surface area (Å²) in [6.07, 6.45) is -2.28. The Kier molecular flexibility index (Phi) is 9.05. The fourth-order valence-electron chi connectivity index (χ4n) is 13.8. The zero-order valence-electron chi connectivity index (χ0n) is 77.9. The van der Waals surface area contributed by atoms with Crippen LogP contribution in [0.15, 0.2) is 170 Å². The van der Waals surface area contributed by atoms with Gasteiger partial charge in [-0.1, -0.05) is 205 Å². The molecule has 0 amide bonds. The number of imidazole rings is 1. The largest absolute Gasteiger partial charge is 0.510 e. The Morgan fingerprint density at radius 1 is 0.554 bits per heavy atom. The molecule has 0 N–H and O–H groups in total. The SMILES string of the molecule is [2H]c1c([2H])c2c(c([2H])c1-c1cc3c4c(c1)n(-c1[c-]c(Oc5[c-]c6c(cc5)c5ccccc5n6-c5cc(C(C)(C)C)ccn5)ccc1)[c-][n+]4-c1c(cc(C(C)(C)C)cc1-c1c(C([2H])([2H])[2H])cccc1C([2H])([2H])[2H])-c1cc4c(cc1-c1ccccc1-3)C(C)(C)CCC4(C)C)C(C([2H])([2H])[2H])(C([2H])([2H])[2H])C([2H])([2H])C([2H])([2H])C2(C([2H])([2H])[2H])C([2H])([2H])[2H].[Pt]. The average Bonchev–Trinajstić information content (AvgIpc) is 0.984. The summed E-state index contributed by atoms with van der Waals surface area (Å²) in [5.41, 5.74) is -7.39. The zero-order chi connectivity index (χ0) is 84.8. The number of para-hydroxylation sites is 1. The van der Waals surface area contributed by atoms with Crippen LogP contribution in [0.5, 0.6) is 11.5 Å². The van der Waals surface area contributed by atoms with Crippen molar-refractivity contribution < 1.29 is 64.6 Å². The predicted octanol–water partition coefficient (Wildman–Crippen LogP) is 22.1. The van der Waals surface area contributed by atoms with Gasteiger partial charge in [0.05, 0.1) is 20.8 Å². The van der Waals surface area contributed by atoms with Gasteiger partial charge in [0.25, 0.3) is 6.33 Å². The molecule has 0 bridgehead atoms. The van der Waals surface area contributed by atoms with E-state index in [9.17, 15) is 26.0 Å². The molecular formula is C86H84N4OPt-2. The van der Waals surface area contributed by atoms with Crippen LogP contribution < -0.4 is 9.30 Å². The van der Waals surface area contributed by atoms with Crippen molar-refractivity contribution in [1.29, 1.82) is 0 Å². The van der Waals surface area contributed by atoms with Gasteiger partial charge in [-0.2, -0.15) is 18.2 Å². The van der Waals surface area contributed by atoms with Crippen molar-refractivity contribution in [3.8, 4) is 84.3 Å². The minimum Gasteiger partial charge on any atom is -0.510 e. The van der Waals surface area contributed by atoms with Crippen LogP contribution in [0.4, 0.5) is 0 Å². The Hall–Kier alpha value is -8.11. The zero-order valence-corrected chi connectivity index (χ0v) is 55.1. The van der Waals surface area contributed by atoms with Crippen LogP contribution in [0, 0.1) is 32.2 Å². The molecule has 12 aromatic rings. The molecule has 9 aromatic carbocycles. The fourth-order valence-corrected chi connectivity index (χ4v) is 13.8. The van der Waals surface area contributed by atoms with E-state index in [2.05, 4.69) is 79.1 Å². The quantitative estimate of drug-likeness (QED) is 0.123. The first-order chi connectivity index (χ1) is 53.4. The van der Waals surface area contributed by atoms with Gasteiger partial charge in [0, 0.05) is 74.4 Å². The molecule has 0 fully saturated rings. The molecule has 3 aromatic heterocycles. The van der Waals surface area contributed by atoms with Crippen molar-refractivity contribution in [2.75, 3.05) is 0 Å². The summed E-state index contributed by atoms with van der Waals surface area (Å²) in [7, 11) is 0. The minimum absolute atomic E-state index is 0. The molecule has 92 heavy (non-hydrogen) atoms. The summed E-state index contributed by atoms with van der Waals surface area (Å²) < 4.78 is 248. The fraction of sp³-hybridized carbons (Fsp3) is 0.302. The molecular weight excluding hydrogens is 1300 g/mol. The molecule has 15 rings (SSSR count). The molecule has 2 aliphatic carbocycles. The summed E-state index contributed by atoms with van der Waals surface area (Å²) >= 11 is 0. The van der Waals surface area contributed by atoms with Gasteiger partial charge in [0.1, 0.15) is 5.82 Å². The van der Waals surface area contributed by atoms with Gasteiger partial charge in [-0.15, -0.1) is 29.7 Å². The molecule has 5 nitrogen and oxygen atoms in total. The maximum Gasteiger partial charge on any atom is 0.268 e. The van der Waals surface area contributed by atoms with E-state index in [1.165, 1.54) is 34.9 Å². The van der Waals surface area contributed by atoms with Crippen molar-refractivity contribution in [2.45, 2.75) is 168 Å². The number of benzene rings is 9. The van der Waals surface area contributed by atoms with Crippen LogP contribution in [0.1, 0.15) is 201 Å². The van der Waals surface area contributed by atoms with Gasteiger partial charge in [0.2, 0.25) is 0 Å². The molecule has 0 spiro atoms. The normalized spacial score (nSPS) is 21.8. The van der Waals surface area contributed by atoms with E-state index in [1.807, 2.05) is 86.0 Å². The number of hydrogen-bond acceptors (Lipinski definition) is 2. The van der Waals surface area contributed by atoms with Crippen molar-refractivity contribution in [3.63, 3.8) is 0 Å². The summed E-state index contributed by atoms with van der Waals surface area (Å²) in [4.78, 5) is 4.86. The number of ether oxygens (including phenoxy) is 1. The van der Waals surface area contributed by atoms with Gasteiger partial charge in [0.15, 0.2) is 0 Å². The molecule has 466 valence electrons. The number of aromatic nitrogens is 4. The number of nitrogens with zero attached hydrogens (tertiary/aromatic N) is 4. The topological polar surface area (TPSA) is 35.9 Å². The van der Waals surface area contributed by atoms with E-state index in [0.717, 1.165) is 45.8 Å². The van der Waals surface area contributed by atoms with E-state index in [4.69, 9.17) is 17.9 Å². The van der Waals surface area contributed by atoms with Crippen LogP contribution in [-0.4, -0.2) is 14.1 Å². The second-order valence-corrected chi connectivity index (χ2v) is 28.2. The van der Waals surface area contributed by atoms with E-state index >= 15 is 0 Å². The van der Waals surface area contributed by atoms with Crippen LogP contribution >= 0.6 is 0 Å². The summed E-state index contributed by atoms with van der Waals surface area (Å²) in [6.45, 7) is -2.36. The number of fused-ring (bicyclic) bond motifs is 12. The van der Waals surface area contributed by atoms with Crippen LogP contribution in [0.3, 0.4) is 0 Å². The first-order valence-electron chi connectivity index (χ1n) is 43.3. The third-order valence-electron chi connectivity index (χ3n) is 19.0. The Labute approximate surface area is 595 Å². The molecule has 0 saturated carbocycles. The van der Waals surface area contributed by atoms with E-state index in [0.29, 0.717) is 44.7 Å². The Bertz CT molecular complexity index is 6070. The second-order valence-electron chi connectivity index (χ2n) is 28.2. The van der Waals surface area contributed by atoms with Crippen molar-refractivity contribution >= 4 is 32.8 Å². The molecule has 4 heterocycles. The number of aryl methyl sites for hydroxylation is 2. The molecule has 0 saturated heterocycles.